The molecule has 2 aromatic rings. The summed E-state index contributed by atoms with van der Waals surface area (Å²) < 4.78 is 13.3. The normalized spacial score (nSPS) is 32.0. The van der Waals surface area contributed by atoms with E-state index in [1.807, 2.05) is 11.8 Å². The molecule has 190 valence electrons. The number of halogens is 1. The molecule has 6 atom stereocenters. The highest BCUT2D eigenvalue weighted by Gasteiger charge is 2.54. The SMILES string of the molecule is C[C@H](C(=O)N1CCN(C)CC1)C1CC[C@@]2(C)Cc3sc(Nc4ccc(F)cc4)nc3[C@@H](C)[C@@H]2[C@H]1O. The van der Waals surface area contributed by atoms with E-state index in [2.05, 4.69) is 31.1 Å². The number of aromatic nitrogens is 1. The first-order chi connectivity index (χ1) is 16.7. The van der Waals surface area contributed by atoms with E-state index in [1.165, 1.54) is 17.0 Å². The van der Waals surface area contributed by atoms with Gasteiger partial charge in [0.25, 0.3) is 0 Å². The van der Waals surface area contributed by atoms with Gasteiger partial charge in [-0.05, 0) is 67.8 Å². The Morgan fingerprint density at radius 2 is 1.94 bits per heavy atom. The number of benzene rings is 1. The Labute approximate surface area is 211 Å². The predicted octanol–water partition coefficient (Wildman–Crippen LogP) is 4.49. The maximum absolute atomic E-state index is 13.3. The maximum Gasteiger partial charge on any atom is 0.225 e. The zero-order chi connectivity index (χ0) is 24.9. The molecule has 0 bridgehead atoms. The van der Waals surface area contributed by atoms with Gasteiger partial charge in [0.05, 0.1) is 11.8 Å². The highest BCUT2D eigenvalue weighted by atomic mass is 32.1. The fourth-order valence-electron chi connectivity index (χ4n) is 6.75. The minimum atomic E-state index is -0.529. The molecule has 2 fully saturated rings. The zero-order valence-corrected chi connectivity index (χ0v) is 21.9. The van der Waals surface area contributed by atoms with Gasteiger partial charge in [-0.25, -0.2) is 9.37 Å². The quantitative estimate of drug-likeness (QED) is 0.648. The molecule has 35 heavy (non-hydrogen) atoms. The van der Waals surface area contributed by atoms with Crippen LogP contribution in [0.2, 0.25) is 0 Å². The highest BCUT2D eigenvalue weighted by Crippen LogP contribution is 2.57. The van der Waals surface area contributed by atoms with Crippen LogP contribution in [0.3, 0.4) is 0 Å². The second-order valence-corrected chi connectivity index (χ2v) is 12.3. The summed E-state index contributed by atoms with van der Waals surface area (Å²) in [6.07, 6.45) is 2.24. The van der Waals surface area contributed by atoms with Crippen molar-refractivity contribution in [2.75, 3.05) is 38.5 Å². The molecule has 1 saturated carbocycles. The fraction of sp³-hybridized carbons (Fsp3) is 0.630. The lowest BCUT2D eigenvalue weighted by molar-refractivity contribution is -0.146. The monoisotopic (exact) mass is 500 g/mol. The summed E-state index contributed by atoms with van der Waals surface area (Å²) in [5, 5.41) is 15.8. The number of hydrogen-bond acceptors (Lipinski definition) is 6. The first-order valence-corrected chi connectivity index (χ1v) is 13.7. The molecular formula is C27H37FN4O2S. The van der Waals surface area contributed by atoms with Crippen LogP contribution in [-0.4, -0.2) is 65.1 Å². The summed E-state index contributed by atoms with van der Waals surface area (Å²) in [4.78, 5) is 23.7. The molecule has 1 amide bonds. The van der Waals surface area contributed by atoms with Crippen LogP contribution in [0.5, 0.6) is 0 Å². The molecule has 2 N–H and O–H groups in total. The minimum absolute atomic E-state index is 0.0153. The molecule has 1 saturated heterocycles. The Kier molecular flexibility index (Phi) is 6.66. The van der Waals surface area contributed by atoms with Gasteiger partial charge >= 0.3 is 0 Å². The third kappa shape index (κ3) is 4.60. The molecule has 1 aromatic carbocycles. The van der Waals surface area contributed by atoms with Gasteiger partial charge in [-0.1, -0.05) is 20.8 Å². The van der Waals surface area contributed by atoms with Gasteiger partial charge in [-0.3, -0.25) is 4.79 Å². The Hall–Kier alpha value is -2.03. The number of amides is 1. The Balaban J connectivity index is 1.33. The number of aliphatic hydroxyl groups excluding tert-OH is 1. The first kappa shape index (κ1) is 24.7. The number of nitrogens with one attached hydrogen (secondary N) is 1. The van der Waals surface area contributed by atoms with Crippen molar-refractivity contribution < 1.29 is 14.3 Å². The van der Waals surface area contributed by atoms with Crippen LogP contribution < -0.4 is 5.32 Å². The summed E-state index contributed by atoms with van der Waals surface area (Å²) in [5.41, 5.74) is 1.85. The van der Waals surface area contributed by atoms with Gasteiger partial charge in [-0.2, -0.15) is 0 Å². The van der Waals surface area contributed by atoms with Crippen molar-refractivity contribution >= 4 is 28.1 Å². The molecule has 1 unspecified atom stereocenters. The number of rotatable bonds is 4. The lowest BCUT2D eigenvalue weighted by Gasteiger charge is -2.53. The number of carbonyl (C=O) groups is 1. The molecule has 2 aliphatic carbocycles. The van der Waals surface area contributed by atoms with E-state index in [0.29, 0.717) is 0 Å². The first-order valence-electron chi connectivity index (χ1n) is 12.8. The van der Waals surface area contributed by atoms with E-state index < -0.39 is 6.10 Å². The van der Waals surface area contributed by atoms with E-state index in [1.54, 1.807) is 23.5 Å². The lowest BCUT2D eigenvalue weighted by Crippen LogP contribution is -2.55. The third-order valence-electron chi connectivity index (χ3n) is 8.86. The van der Waals surface area contributed by atoms with Crippen LogP contribution in [0.1, 0.15) is 50.1 Å². The lowest BCUT2D eigenvalue weighted by atomic mass is 9.53. The van der Waals surface area contributed by atoms with E-state index in [4.69, 9.17) is 4.98 Å². The summed E-state index contributed by atoms with van der Waals surface area (Å²) in [6, 6.07) is 6.31. The molecule has 0 spiro atoms. The molecule has 0 radical (unpaired) electrons. The molecule has 8 heteroatoms. The van der Waals surface area contributed by atoms with Crippen LogP contribution in [0, 0.1) is 29.0 Å². The van der Waals surface area contributed by atoms with Crippen LogP contribution in [-0.2, 0) is 11.2 Å². The molecule has 6 nitrogen and oxygen atoms in total. The summed E-state index contributed by atoms with van der Waals surface area (Å²) in [6.45, 7) is 9.85. The molecular weight excluding hydrogens is 463 g/mol. The van der Waals surface area contributed by atoms with Gasteiger partial charge in [0.1, 0.15) is 5.82 Å². The van der Waals surface area contributed by atoms with Crippen LogP contribution >= 0.6 is 11.3 Å². The Bertz CT molecular complexity index is 1070. The van der Waals surface area contributed by atoms with E-state index in [0.717, 1.165) is 62.0 Å². The number of carbonyl (C=O) groups excluding carboxylic acids is 1. The second-order valence-electron chi connectivity index (χ2n) is 11.2. The van der Waals surface area contributed by atoms with E-state index in [-0.39, 0.29) is 40.8 Å². The van der Waals surface area contributed by atoms with Crippen molar-refractivity contribution in [2.24, 2.45) is 23.2 Å². The number of fused-ring (bicyclic) bond motifs is 2. The Morgan fingerprint density at radius 1 is 1.26 bits per heavy atom. The van der Waals surface area contributed by atoms with Gasteiger partial charge in [0.2, 0.25) is 5.91 Å². The zero-order valence-electron chi connectivity index (χ0n) is 21.1. The number of piperazine rings is 1. The van der Waals surface area contributed by atoms with Crippen molar-refractivity contribution in [3.05, 3.63) is 40.7 Å². The number of anilines is 2. The average Bonchev–Trinajstić information content (AvgIpc) is 3.22. The second kappa shape index (κ2) is 9.45. The molecule has 1 aliphatic heterocycles. The number of hydrogen-bond donors (Lipinski definition) is 2. The molecule has 2 heterocycles. The Morgan fingerprint density at radius 3 is 2.63 bits per heavy atom. The van der Waals surface area contributed by atoms with Crippen LogP contribution in [0.4, 0.5) is 15.2 Å². The number of thiazole rings is 1. The smallest absolute Gasteiger partial charge is 0.225 e. The van der Waals surface area contributed by atoms with Crippen LogP contribution in [0.25, 0.3) is 0 Å². The largest absolute Gasteiger partial charge is 0.392 e. The molecule has 5 rings (SSSR count). The van der Waals surface area contributed by atoms with E-state index in [9.17, 15) is 14.3 Å². The average molecular weight is 501 g/mol. The molecule has 1 aromatic heterocycles. The van der Waals surface area contributed by atoms with Crippen molar-refractivity contribution in [1.82, 2.24) is 14.8 Å². The fourth-order valence-corrected chi connectivity index (χ4v) is 8.04. The van der Waals surface area contributed by atoms with Gasteiger partial charge in [-0.15, -0.1) is 11.3 Å². The summed E-state index contributed by atoms with van der Waals surface area (Å²) >= 11 is 1.66. The molecule has 3 aliphatic rings. The standard InChI is InChI=1S/C27H37FN4O2S/c1-16(25(34)32-13-11-31(4)12-14-32)20-9-10-27(3)15-21-23(17(2)22(27)24(20)33)30-26(35-21)29-19-7-5-18(28)6-8-19/h5-8,16-17,20,22,24,33H,9-15H2,1-4H3,(H,29,30)/t16-,17-,20?,22+,24-,27-/m0/s1. The maximum atomic E-state index is 13.3. The van der Waals surface area contributed by atoms with Crippen molar-refractivity contribution in [3.63, 3.8) is 0 Å². The minimum Gasteiger partial charge on any atom is -0.392 e. The summed E-state index contributed by atoms with van der Waals surface area (Å²) in [7, 11) is 2.09. The predicted molar refractivity (Wildman–Crippen MR) is 137 cm³/mol. The van der Waals surface area contributed by atoms with Crippen molar-refractivity contribution in [2.45, 2.75) is 52.1 Å². The van der Waals surface area contributed by atoms with Gasteiger partial charge in [0, 0.05) is 48.6 Å². The van der Waals surface area contributed by atoms with Gasteiger partial charge < -0.3 is 20.2 Å². The highest BCUT2D eigenvalue weighted by molar-refractivity contribution is 7.15. The van der Waals surface area contributed by atoms with Gasteiger partial charge in [0.15, 0.2) is 5.13 Å². The number of likely N-dealkylation sites (N-methyl/N-ethyl adjacent to an activating group) is 1. The third-order valence-corrected chi connectivity index (χ3v) is 9.85. The van der Waals surface area contributed by atoms with E-state index >= 15 is 0 Å². The van der Waals surface area contributed by atoms with Crippen molar-refractivity contribution in [3.8, 4) is 0 Å². The van der Waals surface area contributed by atoms with Crippen molar-refractivity contribution in [1.29, 1.82) is 0 Å². The topological polar surface area (TPSA) is 68.7 Å². The number of nitrogens with zero attached hydrogens (tertiary/aromatic N) is 3. The van der Waals surface area contributed by atoms with Crippen LogP contribution in [0.15, 0.2) is 24.3 Å². The summed E-state index contributed by atoms with van der Waals surface area (Å²) in [5.74, 6) is -0.111. The number of aliphatic hydroxyl groups is 1.